The summed E-state index contributed by atoms with van der Waals surface area (Å²) in [5, 5.41) is 0. The van der Waals surface area contributed by atoms with E-state index in [4.69, 9.17) is 9.47 Å². The van der Waals surface area contributed by atoms with Gasteiger partial charge in [0.1, 0.15) is 6.73 Å². The molecule has 1 aromatic rings. The molecule has 0 saturated carbocycles. The van der Waals surface area contributed by atoms with Gasteiger partial charge in [0.05, 0.1) is 18.6 Å². The molecule has 0 bridgehead atoms. The molecular formula is C13H20N2O3. The fraction of sp³-hybridized carbons (Fsp3) is 0.538. The van der Waals surface area contributed by atoms with E-state index in [9.17, 15) is 4.79 Å². The molecule has 0 aromatic carbocycles. The van der Waals surface area contributed by atoms with Gasteiger partial charge >= 0.3 is 5.97 Å². The van der Waals surface area contributed by atoms with Crippen molar-refractivity contribution in [2.45, 2.75) is 33.9 Å². The Bertz CT molecular complexity index is 410. The highest BCUT2D eigenvalue weighted by Crippen LogP contribution is 2.11. The lowest BCUT2D eigenvalue weighted by atomic mass is 10.2. The normalized spacial score (nSPS) is 11.6. The van der Waals surface area contributed by atoms with Crippen molar-refractivity contribution in [2.24, 2.45) is 0 Å². The maximum Gasteiger partial charge on any atom is 0.331 e. The number of aromatic nitrogens is 2. The van der Waals surface area contributed by atoms with E-state index < -0.39 is 0 Å². The fourth-order valence-electron chi connectivity index (χ4n) is 1.38. The topological polar surface area (TPSA) is 53.4 Å². The molecular weight excluding hydrogens is 232 g/mol. The Morgan fingerprint density at radius 3 is 2.94 bits per heavy atom. The van der Waals surface area contributed by atoms with Crippen molar-refractivity contribution >= 4 is 11.5 Å². The summed E-state index contributed by atoms with van der Waals surface area (Å²) in [5.74, 6) is -0.341. The molecule has 1 rings (SSSR count). The number of carbonyl (C=O) groups excluding carboxylic acids is 1. The van der Waals surface area contributed by atoms with Crippen LogP contribution in [0.25, 0.3) is 5.57 Å². The fourth-order valence-corrected chi connectivity index (χ4v) is 1.38. The van der Waals surface area contributed by atoms with Crippen LogP contribution in [0.3, 0.4) is 0 Å². The molecule has 1 aromatic heterocycles. The first-order valence-electron chi connectivity index (χ1n) is 6.12. The Balaban J connectivity index is 2.58. The Kier molecular flexibility index (Phi) is 6.14. The zero-order valence-electron chi connectivity index (χ0n) is 11.2. The number of allylic oxidation sites excluding steroid dienone is 1. The SMILES string of the molecule is CCCOCn1cnc(/C(C)=C/C(=O)OCC)c1. The Labute approximate surface area is 107 Å². The van der Waals surface area contributed by atoms with Gasteiger partial charge in [-0.05, 0) is 25.8 Å². The molecule has 0 aliphatic heterocycles. The monoisotopic (exact) mass is 252 g/mol. The minimum atomic E-state index is -0.341. The van der Waals surface area contributed by atoms with Gasteiger partial charge in [-0.15, -0.1) is 0 Å². The number of hydrogen-bond acceptors (Lipinski definition) is 4. The number of carbonyl (C=O) groups is 1. The van der Waals surface area contributed by atoms with Crippen molar-refractivity contribution in [3.8, 4) is 0 Å². The molecule has 0 fully saturated rings. The summed E-state index contributed by atoms with van der Waals surface area (Å²) in [5.41, 5.74) is 1.53. The summed E-state index contributed by atoms with van der Waals surface area (Å²) in [6.45, 7) is 7.25. The van der Waals surface area contributed by atoms with E-state index in [-0.39, 0.29) is 5.97 Å². The first kappa shape index (κ1) is 14.4. The molecule has 100 valence electrons. The average molecular weight is 252 g/mol. The van der Waals surface area contributed by atoms with Crippen LogP contribution in [0.4, 0.5) is 0 Å². The van der Waals surface area contributed by atoms with Crippen LogP contribution in [0.15, 0.2) is 18.6 Å². The smallest absolute Gasteiger partial charge is 0.331 e. The summed E-state index contributed by atoms with van der Waals surface area (Å²) >= 11 is 0. The van der Waals surface area contributed by atoms with Crippen LogP contribution in [0.1, 0.15) is 32.9 Å². The molecule has 0 aliphatic rings. The van der Waals surface area contributed by atoms with Crippen LogP contribution < -0.4 is 0 Å². The predicted octanol–water partition coefficient (Wildman–Crippen LogP) is 2.23. The first-order chi connectivity index (χ1) is 8.67. The van der Waals surface area contributed by atoms with Gasteiger partial charge in [-0.2, -0.15) is 0 Å². The lowest BCUT2D eigenvalue weighted by Crippen LogP contribution is -2.01. The number of imidazole rings is 1. The minimum absolute atomic E-state index is 0.341. The molecule has 0 atom stereocenters. The number of nitrogens with zero attached hydrogens (tertiary/aromatic N) is 2. The molecule has 5 nitrogen and oxygen atoms in total. The van der Waals surface area contributed by atoms with Crippen molar-refractivity contribution < 1.29 is 14.3 Å². The quantitative estimate of drug-likeness (QED) is 0.424. The third kappa shape index (κ3) is 4.71. The minimum Gasteiger partial charge on any atom is -0.463 e. The first-order valence-corrected chi connectivity index (χ1v) is 6.12. The van der Waals surface area contributed by atoms with Gasteiger partial charge in [-0.3, -0.25) is 0 Å². The molecule has 18 heavy (non-hydrogen) atoms. The molecule has 0 radical (unpaired) electrons. The highest BCUT2D eigenvalue weighted by molar-refractivity contribution is 5.90. The van der Waals surface area contributed by atoms with E-state index in [1.165, 1.54) is 6.08 Å². The Morgan fingerprint density at radius 2 is 2.28 bits per heavy atom. The lowest BCUT2D eigenvalue weighted by Gasteiger charge is -2.02. The van der Waals surface area contributed by atoms with Crippen molar-refractivity contribution in [1.29, 1.82) is 0 Å². The van der Waals surface area contributed by atoms with Crippen molar-refractivity contribution in [2.75, 3.05) is 13.2 Å². The molecule has 1 heterocycles. The van der Waals surface area contributed by atoms with Crippen LogP contribution in [0.2, 0.25) is 0 Å². The third-order valence-electron chi connectivity index (χ3n) is 2.25. The molecule has 0 spiro atoms. The zero-order chi connectivity index (χ0) is 13.4. The van der Waals surface area contributed by atoms with Gasteiger partial charge in [0.2, 0.25) is 0 Å². The number of rotatable bonds is 7. The Hall–Kier alpha value is -1.62. The number of hydrogen-bond donors (Lipinski definition) is 0. The summed E-state index contributed by atoms with van der Waals surface area (Å²) in [6, 6.07) is 0. The van der Waals surface area contributed by atoms with Crippen molar-refractivity contribution in [3.63, 3.8) is 0 Å². The van der Waals surface area contributed by atoms with E-state index in [1.54, 1.807) is 13.3 Å². The van der Waals surface area contributed by atoms with Gasteiger partial charge in [-0.25, -0.2) is 9.78 Å². The molecule has 0 saturated heterocycles. The van der Waals surface area contributed by atoms with Crippen LogP contribution in [0.5, 0.6) is 0 Å². The average Bonchev–Trinajstić information content (AvgIpc) is 2.78. The summed E-state index contributed by atoms with van der Waals surface area (Å²) in [4.78, 5) is 15.5. The van der Waals surface area contributed by atoms with Gasteiger partial charge in [0.15, 0.2) is 0 Å². The van der Waals surface area contributed by atoms with E-state index >= 15 is 0 Å². The molecule has 0 amide bonds. The maximum absolute atomic E-state index is 11.3. The highest BCUT2D eigenvalue weighted by Gasteiger charge is 2.04. The van der Waals surface area contributed by atoms with Crippen LogP contribution >= 0.6 is 0 Å². The number of ether oxygens (including phenoxy) is 2. The largest absolute Gasteiger partial charge is 0.463 e. The van der Waals surface area contributed by atoms with Crippen molar-refractivity contribution in [3.05, 3.63) is 24.3 Å². The number of esters is 1. The van der Waals surface area contributed by atoms with Crippen LogP contribution in [0, 0.1) is 0 Å². The van der Waals surface area contributed by atoms with E-state index in [0.29, 0.717) is 13.3 Å². The predicted molar refractivity (Wildman–Crippen MR) is 68.8 cm³/mol. The maximum atomic E-state index is 11.3. The van der Waals surface area contributed by atoms with E-state index in [2.05, 4.69) is 11.9 Å². The second kappa shape index (κ2) is 7.66. The van der Waals surface area contributed by atoms with Crippen molar-refractivity contribution in [1.82, 2.24) is 9.55 Å². The third-order valence-corrected chi connectivity index (χ3v) is 2.25. The summed E-state index contributed by atoms with van der Waals surface area (Å²) in [7, 11) is 0. The van der Waals surface area contributed by atoms with Crippen LogP contribution in [-0.2, 0) is 21.0 Å². The summed E-state index contributed by atoms with van der Waals surface area (Å²) in [6.07, 6.45) is 5.97. The van der Waals surface area contributed by atoms with Gasteiger partial charge < -0.3 is 14.0 Å². The molecule has 0 unspecified atom stereocenters. The highest BCUT2D eigenvalue weighted by atomic mass is 16.5. The lowest BCUT2D eigenvalue weighted by molar-refractivity contribution is -0.137. The van der Waals surface area contributed by atoms with Gasteiger partial charge in [0.25, 0.3) is 0 Å². The zero-order valence-corrected chi connectivity index (χ0v) is 11.2. The van der Waals surface area contributed by atoms with Gasteiger partial charge in [0, 0.05) is 18.9 Å². The van der Waals surface area contributed by atoms with Crippen LogP contribution in [-0.4, -0.2) is 28.7 Å². The summed E-state index contributed by atoms with van der Waals surface area (Å²) < 4.78 is 12.1. The second-order valence-electron chi connectivity index (χ2n) is 3.89. The molecule has 5 heteroatoms. The Morgan fingerprint density at radius 1 is 1.50 bits per heavy atom. The van der Waals surface area contributed by atoms with E-state index in [1.807, 2.05) is 17.7 Å². The molecule has 0 aliphatic carbocycles. The van der Waals surface area contributed by atoms with Gasteiger partial charge in [-0.1, -0.05) is 6.92 Å². The standard InChI is InChI=1S/C13H20N2O3/c1-4-6-17-10-15-8-12(14-9-15)11(3)7-13(16)18-5-2/h7-9H,4-6,10H2,1-3H3/b11-7+. The van der Waals surface area contributed by atoms with E-state index in [0.717, 1.165) is 24.3 Å². The second-order valence-corrected chi connectivity index (χ2v) is 3.89. The molecule has 0 N–H and O–H groups in total.